The minimum absolute atomic E-state index is 0.189. The first kappa shape index (κ1) is 18.5. The third-order valence-corrected chi connectivity index (χ3v) is 4.64. The van der Waals surface area contributed by atoms with Crippen molar-refractivity contribution in [2.75, 3.05) is 5.32 Å². The van der Waals surface area contributed by atoms with Gasteiger partial charge in [0.15, 0.2) is 0 Å². The van der Waals surface area contributed by atoms with Gasteiger partial charge in [0.05, 0.1) is 22.6 Å². The van der Waals surface area contributed by atoms with Crippen LogP contribution >= 0.6 is 0 Å². The molecule has 0 unspecified atom stereocenters. The van der Waals surface area contributed by atoms with Crippen LogP contribution in [0.15, 0.2) is 84.9 Å². The fraction of sp³-hybridized carbons (Fsp3) is 0.0435. The van der Waals surface area contributed by atoms with Crippen molar-refractivity contribution in [2.45, 2.75) is 6.54 Å². The highest BCUT2D eigenvalue weighted by atomic mass is 16.4. The second-order valence-electron chi connectivity index (χ2n) is 6.50. The molecule has 0 radical (unpaired) electrons. The molecule has 1 aromatic heterocycles. The van der Waals surface area contributed by atoms with E-state index in [4.69, 9.17) is 10.8 Å². The molecule has 0 spiro atoms. The van der Waals surface area contributed by atoms with Crippen LogP contribution in [0.1, 0.15) is 15.9 Å². The first-order valence-corrected chi connectivity index (χ1v) is 9.20. The average Bonchev–Trinajstić information content (AvgIpc) is 3.18. The number of benzene rings is 3. The Balaban J connectivity index is 1.86. The van der Waals surface area contributed by atoms with E-state index in [-0.39, 0.29) is 5.56 Å². The van der Waals surface area contributed by atoms with Crippen LogP contribution in [0, 0.1) is 0 Å². The zero-order chi connectivity index (χ0) is 20.2. The number of para-hydroxylation sites is 2. The third-order valence-electron chi connectivity index (χ3n) is 4.64. The van der Waals surface area contributed by atoms with E-state index >= 15 is 0 Å². The quantitative estimate of drug-likeness (QED) is 0.457. The number of hydrogen-bond acceptors (Lipinski definition) is 4. The Morgan fingerprint density at radius 1 is 0.966 bits per heavy atom. The van der Waals surface area contributed by atoms with E-state index in [0.717, 1.165) is 22.5 Å². The van der Waals surface area contributed by atoms with Crippen LogP contribution in [0.25, 0.3) is 16.9 Å². The Kier molecular flexibility index (Phi) is 5.09. The fourth-order valence-corrected chi connectivity index (χ4v) is 3.21. The summed E-state index contributed by atoms with van der Waals surface area (Å²) in [7, 11) is 0. The Hall–Kier alpha value is -3.90. The van der Waals surface area contributed by atoms with Gasteiger partial charge >= 0.3 is 5.97 Å². The van der Waals surface area contributed by atoms with Crippen LogP contribution in [0.3, 0.4) is 0 Å². The van der Waals surface area contributed by atoms with Crippen molar-refractivity contribution in [1.82, 2.24) is 9.78 Å². The predicted octanol–water partition coefficient (Wildman–Crippen LogP) is 4.44. The number of anilines is 2. The number of rotatable bonds is 6. The van der Waals surface area contributed by atoms with E-state index in [9.17, 15) is 9.90 Å². The lowest BCUT2D eigenvalue weighted by Crippen LogP contribution is -2.09. The maximum absolute atomic E-state index is 11.6. The Labute approximate surface area is 168 Å². The highest BCUT2D eigenvalue weighted by Crippen LogP contribution is 2.29. The van der Waals surface area contributed by atoms with Crippen molar-refractivity contribution in [1.29, 1.82) is 0 Å². The molecule has 0 aliphatic rings. The van der Waals surface area contributed by atoms with Crippen LogP contribution in [0.5, 0.6) is 0 Å². The van der Waals surface area contributed by atoms with Gasteiger partial charge in [-0.2, -0.15) is 5.10 Å². The van der Waals surface area contributed by atoms with Gasteiger partial charge in [-0.1, -0.05) is 60.7 Å². The van der Waals surface area contributed by atoms with E-state index in [0.29, 0.717) is 18.1 Å². The van der Waals surface area contributed by atoms with Crippen molar-refractivity contribution in [3.63, 3.8) is 0 Å². The lowest BCUT2D eigenvalue weighted by Gasteiger charge is -2.14. The number of nitrogens with one attached hydrogen (secondary N) is 1. The fourth-order valence-electron chi connectivity index (χ4n) is 3.21. The SMILES string of the molecule is NCc1ccccc1-n1nc(-c2ccccc2)cc1Nc1ccccc1C(=O)O. The maximum Gasteiger partial charge on any atom is 0.337 e. The number of nitrogens with two attached hydrogens (primary N) is 1. The summed E-state index contributed by atoms with van der Waals surface area (Å²) in [5.74, 6) is -0.344. The second-order valence-corrected chi connectivity index (χ2v) is 6.50. The van der Waals surface area contributed by atoms with E-state index in [1.54, 1.807) is 28.9 Å². The standard InChI is InChI=1S/C23H20N4O2/c24-15-17-10-4-7-13-21(17)27-22(14-20(26-27)16-8-2-1-3-9-16)25-19-12-6-5-11-18(19)23(28)29/h1-14,25H,15,24H2,(H,28,29). The third kappa shape index (κ3) is 3.74. The number of carboxylic acid groups (broad SMARTS) is 1. The summed E-state index contributed by atoms with van der Waals surface area (Å²) < 4.78 is 1.77. The van der Waals surface area contributed by atoms with E-state index in [1.165, 1.54) is 0 Å². The summed E-state index contributed by atoms with van der Waals surface area (Å²) in [6.45, 7) is 0.363. The van der Waals surface area contributed by atoms with Crippen LogP contribution in [-0.2, 0) is 6.54 Å². The predicted molar refractivity (Wildman–Crippen MR) is 114 cm³/mol. The molecule has 4 rings (SSSR count). The molecule has 0 bridgehead atoms. The molecular formula is C23H20N4O2. The van der Waals surface area contributed by atoms with Crippen LogP contribution < -0.4 is 11.1 Å². The molecule has 0 fully saturated rings. The number of aromatic nitrogens is 2. The normalized spacial score (nSPS) is 10.7. The minimum Gasteiger partial charge on any atom is -0.478 e. The molecule has 6 nitrogen and oxygen atoms in total. The van der Waals surface area contributed by atoms with Crippen molar-refractivity contribution in [3.05, 3.63) is 96.1 Å². The smallest absolute Gasteiger partial charge is 0.337 e. The maximum atomic E-state index is 11.6. The Morgan fingerprint density at radius 3 is 2.41 bits per heavy atom. The topological polar surface area (TPSA) is 93.2 Å². The summed E-state index contributed by atoms with van der Waals surface area (Å²) in [5, 5.41) is 17.5. The molecule has 0 atom stereocenters. The molecule has 144 valence electrons. The number of aromatic carboxylic acids is 1. The van der Waals surface area contributed by atoms with Gasteiger partial charge in [0.1, 0.15) is 5.82 Å². The van der Waals surface area contributed by atoms with Crippen molar-refractivity contribution >= 4 is 17.5 Å². The van der Waals surface area contributed by atoms with Crippen LogP contribution in [0.2, 0.25) is 0 Å². The molecule has 0 saturated heterocycles. The summed E-state index contributed by atoms with van der Waals surface area (Å²) in [6.07, 6.45) is 0. The Bertz CT molecular complexity index is 1150. The number of nitrogens with zero attached hydrogens (tertiary/aromatic N) is 2. The lowest BCUT2D eigenvalue weighted by molar-refractivity contribution is 0.0698. The Morgan fingerprint density at radius 2 is 1.66 bits per heavy atom. The monoisotopic (exact) mass is 384 g/mol. The zero-order valence-electron chi connectivity index (χ0n) is 15.6. The van der Waals surface area contributed by atoms with Crippen molar-refractivity contribution in [3.8, 4) is 16.9 Å². The van der Waals surface area contributed by atoms with Gasteiger partial charge < -0.3 is 16.2 Å². The number of hydrogen-bond donors (Lipinski definition) is 3. The second kappa shape index (κ2) is 8.00. The van der Waals surface area contributed by atoms with Crippen LogP contribution in [-0.4, -0.2) is 20.9 Å². The molecule has 4 aromatic rings. The molecule has 1 heterocycles. The van der Waals surface area contributed by atoms with Gasteiger partial charge in [-0.25, -0.2) is 9.48 Å². The first-order valence-electron chi connectivity index (χ1n) is 9.20. The summed E-state index contributed by atoms with van der Waals surface area (Å²) in [4.78, 5) is 11.6. The van der Waals surface area contributed by atoms with Crippen molar-refractivity contribution < 1.29 is 9.90 Å². The van der Waals surface area contributed by atoms with Gasteiger partial charge in [-0.3, -0.25) is 0 Å². The molecule has 0 aliphatic heterocycles. The molecular weight excluding hydrogens is 364 g/mol. The van der Waals surface area contributed by atoms with Crippen molar-refractivity contribution in [2.24, 2.45) is 5.73 Å². The molecule has 0 saturated carbocycles. The average molecular weight is 384 g/mol. The molecule has 0 amide bonds. The first-order chi connectivity index (χ1) is 14.2. The summed E-state index contributed by atoms with van der Waals surface area (Å²) >= 11 is 0. The molecule has 0 aliphatic carbocycles. The molecule has 6 heteroatoms. The van der Waals surface area contributed by atoms with Crippen LogP contribution in [0.4, 0.5) is 11.5 Å². The number of carbonyl (C=O) groups is 1. The van der Waals surface area contributed by atoms with E-state index in [2.05, 4.69) is 5.32 Å². The molecule has 4 N–H and O–H groups in total. The number of carboxylic acids is 1. The summed E-state index contributed by atoms with van der Waals surface area (Å²) in [6, 6.07) is 26.3. The van der Waals surface area contributed by atoms with Gasteiger partial charge in [0, 0.05) is 18.2 Å². The van der Waals surface area contributed by atoms with Gasteiger partial charge in [-0.05, 0) is 23.8 Å². The molecule has 3 aromatic carbocycles. The van der Waals surface area contributed by atoms with E-state index < -0.39 is 5.97 Å². The minimum atomic E-state index is -0.996. The highest BCUT2D eigenvalue weighted by Gasteiger charge is 2.16. The lowest BCUT2D eigenvalue weighted by atomic mass is 10.1. The van der Waals surface area contributed by atoms with Gasteiger partial charge in [0.2, 0.25) is 0 Å². The largest absolute Gasteiger partial charge is 0.478 e. The van der Waals surface area contributed by atoms with E-state index in [1.807, 2.05) is 60.7 Å². The zero-order valence-corrected chi connectivity index (χ0v) is 15.6. The molecule has 29 heavy (non-hydrogen) atoms. The van der Waals surface area contributed by atoms with Gasteiger partial charge in [0.25, 0.3) is 0 Å². The highest BCUT2D eigenvalue weighted by molar-refractivity contribution is 5.95. The summed E-state index contributed by atoms with van der Waals surface area (Å²) in [5.41, 5.74) is 10.1. The van der Waals surface area contributed by atoms with Gasteiger partial charge in [-0.15, -0.1) is 0 Å².